The lowest BCUT2D eigenvalue weighted by Gasteiger charge is -2.57. The number of nitrogens with one attached hydrogen (secondary N) is 1. The molecule has 4 aliphatic carbocycles. The van der Waals surface area contributed by atoms with Gasteiger partial charge in [0.1, 0.15) is 0 Å². The summed E-state index contributed by atoms with van der Waals surface area (Å²) in [6.45, 7) is 4.88. The Hall–Kier alpha value is -0.940. The molecular weight excluding hydrogens is 330 g/mol. The summed E-state index contributed by atoms with van der Waals surface area (Å²) in [6.07, 6.45) is 11.3. The van der Waals surface area contributed by atoms with Gasteiger partial charge in [-0.2, -0.15) is 5.10 Å². The van der Waals surface area contributed by atoms with Crippen LogP contribution in [0.25, 0.3) is 0 Å². The molecule has 5 heteroatoms. The number of hydrogen-bond donors (Lipinski definition) is 3. The number of thiocarbonyl (C=S) groups is 1. The zero-order valence-electron chi connectivity index (χ0n) is 15.4. The fraction of sp³-hybridized carbons (Fsp3) is 0.800. The number of aliphatic hydroxyl groups excluding tert-OH is 1. The molecule has 4 aliphatic rings. The van der Waals surface area contributed by atoms with E-state index in [0.717, 1.165) is 37.5 Å². The maximum absolute atomic E-state index is 10.1. The summed E-state index contributed by atoms with van der Waals surface area (Å²) in [7, 11) is 0. The number of nitrogens with zero attached hydrogens (tertiary/aromatic N) is 1. The standard InChI is InChI=1S/C20H31N3OS/c1-19-9-7-13(24)11-12(19)3-4-14-15-5-6-17(22-23-18(21)25)20(15,2)10-8-16(14)19/h3,13-16,24H,4-11H2,1-2H3,(H3,21,23,25)/b22-17+/t13-,14-,15-,16-,19-,20-/m0/s1. The number of nitrogens with two attached hydrogens (primary N) is 1. The van der Waals surface area contributed by atoms with Gasteiger partial charge in [-0.15, -0.1) is 0 Å². The average Bonchev–Trinajstić information content (AvgIpc) is 2.90. The molecule has 0 saturated heterocycles. The third-order valence-electron chi connectivity index (χ3n) is 8.12. The van der Waals surface area contributed by atoms with E-state index >= 15 is 0 Å². The van der Waals surface area contributed by atoms with E-state index in [2.05, 4.69) is 30.5 Å². The van der Waals surface area contributed by atoms with E-state index in [1.54, 1.807) is 0 Å². The molecule has 0 amide bonds. The molecule has 0 aliphatic heterocycles. The Bertz CT molecular complexity index is 645. The summed E-state index contributed by atoms with van der Waals surface area (Å²) in [6, 6.07) is 0. The number of fused-ring (bicyclic) bond motifs is 5. The van der Waals surface area contributed by atoms with Gasteiger partial charge in [0.15, 0.2) is 5.11 Å². The van der Waals surface area contributed by atoms with E-state index in [1.807, 2.05) is 0 Å². The normalized spacial score (nSPS) is 47.5. The van der Waals surface area contributed by atoms with Gasteiger partial charge in [-0.05, 0) is 86.8 Å². The van der Waals surface area contributed by atoms with Gasteiger partial charge < -0.3 is 10.8 Å². The molecule has 3 saturated carbocycles. The fourth-order valence-electron chi connectivity index (χ4n) is 6.74. The van der Waals surface area contributed by atoms with Gasteiger partial charge in [-0.25, -0.2) is 0 Å². The lowest BCUT2D eigenvalue weighted by Crippen LogP contribution is -2.50. The molecule has 0 radical (unpaired) electrons. The summed E-state index contributed by atoms with van der Waals surface area (Å²) in [5.74, 6) is 2.22. The van der Waals surface area contributed by atoms with E-state index in [1.165, 1.54) is 37.0 Å². The van der Waals surface area contributed by atoms with Crippen LogP contribution in [0, 0.1) is 28.6 Å². The Morgan fingerprint density at radius 2 is 1.96 bits per heavy atom. The Morgan fingerprint density at radius 1 is 1.24 bits per heavy atom. The van der Waals surface area contributed by atoms with E-state index in [4.69, 9.17) is 18.0 Å². The van der Waals surface area contributed by atoms with E-state index in [-0.39, 0.29) is 16.6 Å². The molecular formula is C20H31N3OS. The van der Waals surface area contributed by atoms with Crippen molar-refractivity contribution in [3.8, 4) is 0 Å². The minimum atomic E-state index is -0.124. The highest BCUT2D eigenvalue weighted by Gasteiger charge is 2.57. The van der Waals surface area contributed by atoms with E-state index in [9.17, 15) is 5.11 Å². The van der Waals surface area contributed by atoms with Gasteiger partial charge in [-0.1, -0.05) is 25.5 Å². The first-order valence-corrected chi connectivity index (χ1v) is 10.3. The molecule has 0 aromatic rings. The maximum Gasteiger partial charge on any atom is 0.184 e. The lowest BCUT2D eigenvalue weighted by atomic mass is 9.48. The highest BCUT2D eigenvalue weighted by Crippen LogP contribution is 2.64. The molecule has 3 fully saturated rings. The monoisotopic (exact) mass is 361 g/mol. The van der Waals surface area contributed by atoms with Crippen LogP contribution in [0.3, 0.4) is 0 Å². The van der Waals surface area contributed by atoms with Crippen molar-refractivity contribution in [1.82, 2.24) is 5.43 Å². The number of allylic oxidation sites excluding steroid dienone is 1. The van der Waals surface area contributed by atoms with Gasteiger partial charge in [0.25, 0.3) is 0 Å². The first-order chi connectivity index (χ1) is 11.8. The fourth-order valence-corrected chi connectivity index (χ4v) is 6.78. The van der Waals surface area contributed by atoms with Crippen molar-refractivity contribution in [3.63, 3.8) is 0 Å². The van der Waals surface area contributed by atoms with Crippen LogP contribution in [-0.4, -0.2) is 22.0 Å². The molecule has 0 unspecified atom stereocenters. The SMILES string of the molecule is C[C@]12CC[C@H](O)CC1=CC[C@@H]1[C@@H]2CC[C@]2(C)/C(=N/NC(N)=S)CC[C@@H]12. The second-order valence-corrected chi connectivity index (χ2v) is 9.63. The summed E-state index contributed by atoms with van der Waals surface area (Å²) in [5, 5.41) is 14.9. The van der Waals surface area contributed by atoms with Crippen molar-refractivity contribution < 1.29 is 5.11 Å². The minimum absolute atomic E-state index is 0.124. The number of rotatable bonds is 1. The van der Waals surface area contributed by atoms with E-state index < -0.39 is 0 Å². The average molecular weight is 362 g/mol. The minimum Gasteiger partial charge on any atom is -0.393 e. The van der Waals surface area contributed by atoms with Crippen LogP contribution in [0.4, 0.5) is 0 Å². The summed E-state index contributed by atoms with van der Waals surface area (Å²) in [4.78, 5) is 0. The van der Waals surface area contributed by atoms with Crippen molar-refractivity contribution in [2.75, 3.05) is 0 Å². The molecule has 4 N–H and O–H groups in total. The highest BCUT2D eigenvalue weighted by molar-refractivity contribution is 7.80. The molecule has 0 aromatic heterocycles. The van der Waals surface area contributed by atoms with Gasteiger partial charge in [0.05, 0.1) is 6.10 Å². The number of aliphatic hydroxyl groups is 1. The summed E-state index contributed by atoms with van der Waals surface area (Å²) < 4.78 is 0. The summed E-state index contributed by atoms with van der Waals surface area (Å²) in [5.41, 5.74) is 11.7. The molecule has 0 spiro atoms. The van der Waals surface area contributed by atoms with E-state index in [0.29, 0.717) is 11.3 Å². The molecule has 138 valence electrons. The van der Waals surface area contributed by atoms with Crippen molar-refractivity contribution >= 4 is 23.0 Å². The quantitative estimate of drug-likeness (QED) is 0.380. The van der Waals surface area contributed by atoms with Crippen LogP contribution in [0.5, 0.6) is 0 Å². The Kier molecular flexibility index (Phi) is 4.23. The highest BCUT2D eigenvalue weighted by atomic mass is 32.1. The van der Waals surface area contributed by atoms with Crippen LogP contribution >= 0.6 is 12.2 Å². The number of hydrogen-bond acceptors (Lipinski definition) is 3. The third-order valence-corrected chi connectivity index (χ3v) is 8.21. The predicted octanol–water partition coefficient (Wildman–Crippen LogP) is 3.50. The van der Waals surface area contributed by atoms with Crippen molar-refractivity contribution in [2.45, 2.75) is 71.3 Å². The summed E-state index contributed by atoms with van der Waals surface area (Å²) >= 11 is 4.93. The molecule has 4 nitrogen and oxygen atoms in total. The third kappa shape index (κ3) is 2.66. The molecule has 6 atom stereocenters. The zero-order valence-corrected chi connectivity index (χ0v) is 16.2. The van der Waals surface area contributed by atoms with Gasteiger partial charge >= 0.3 is 0 Å². The van der Waals surface area contributed by atoms with Crippen LogP contribution < -0.4 is 11.2 Å². The van der Waals surface area contributed by atoms with Crippen LogP contribution in [0.15, 0.2) is 16.8 Å². The zero-order chi connectivity index (χ0) is 17.8. The smallest absolute Gasteiger partial charge is 0.184 e. The second-order valence-electron chi connectivity index (χ2n) is 9.19. The first-order valence-electron chi connectivity index (χ1n) is 9.84. The van der Waals surface area contributed by atoms with Crippen LogP contribution in [0.2, 0.25) is 0 Å². The molecule has 0 bridgehead atoms. The number of hydrazone groups is 1. The largest absolute Gasteiger partial charge is 0.393 e. The Labute approximate surface area is 156 Å². The molecule has 0 aromatic carbocycles. The van der Waals surface area contributed by atoms with Gasteiger partial charge in [0, 0.05) is 11.1 Å². The Morgan fingerprint density at radius 3 is 2.72 bits per heavy atom. The van der Waals surface area contributed by atoms with Crippen molar-refractivity contribution in [3.05, 3.63) is 11.6 Å². The van der Waals surface area contributed by atoms with Crippen LogP contribution in [0.1, 0.15) is 65.2 Å². The second kappa shape index (κ2) is 6.05. The van der Waals surface area contributed by atoms with Crippen molar-refractivity contribution in [2.24, 2.45) is 39.4 Å². The maximum atomic E-state index is 10.1. The predicted molar refractivity (Wildman–Crippen MR) is 105 cm³/mol. The van der Waals surface area contributed by atoms with Crippen molar-refractivity contribution in [1.29, 1.82) is 0 Å². The molecule has 4 rings (SSSR count). The molecule has 0 heterocycles. The molecule has 25 heavy (non-hydrogen) atoms. The van der Waals surface area contributed by atoms with Gasteiger partial charge in [0.2, 0.25) is 0 Å². The van der Waals surface area contributed by atoms with Crippen LogP contribution in [-0.2, 0) is 0 Å². The Balaban J connectivity index is 1.62. The van der Waals surface area contributed by atoms with Gasteiger partial charge in [-0.3, -0.25) is 5.43 Å². The first kappa shape index (κ1) is 17.5. The topological polar surface area (TPSA) is 70.6 Å². The lowest BCUT2D eigenvalue weighted by molar-refractivity contribution is -0.0209.